The molecule has 0 radical (unpaired) electrons. The highest BCUT2D eigenvalue weighted by molar-refractivity contribution is 7.15. The summed E-state index contributed by atoms with van der Waals surface area (Å²) in [4.78, 5) is 3.26. The molecular formula is C8H13F3N2S. The number of anilines is 1. The molecule has 0 aliphatic carbocycles. The van der Waals surface area contributed by atoms with E-state index in [0.29, 0.717) is 0 Å². The Kier molecular flexibility index (Phi) is 4.90. The fourth-order valence-corrected chi connectivity index (χ4v) is 1.39. The smallest absolute Gasteiger partial charge is 0.375 e. The fourth-order valence-electron chi connectivity index (χ4n) is 0.680. The van der Waals surface area contributed by atoms with Crippen molar-refractivity contribution in [2.24, 2.45) is 0 Å². The van der Waals surface area contributed by atoms with Crippen molar-refractivity contribution >= 4 is 16.5 Å². The molecule has 2 N–H and O–H groups in total. The molecule has 0 saturated heterocycles. The number of aryl methyl sites for hydroxylation is 1. The number of hydrogen-bond acceptors (Lipinski definition) is 3. The van der Waals surface area contributed by atoms with Crippen molar-refractivity contribution in [3.8, 4) is 0 Å². The van der Waals surface area contributed by atoms with E-state index in [0.717, 1.165) is 11.3 Å². The molecular weight excluding hydrogens is 213 g/mol. The number of rotatable bonds is 0. The molecule has 6 heteroatoms. The summed E-state index contributed by atoms with van der Waals surface area (Å²) in [6, 6.07) is 0. The van der Waals surface area contributed by atoms with Gasteiger partial charge >= 0.3 is 6.18 Å². The highest BCUT2D eigenvalue weighted by Crippen LogP contribution is 2.34. The van der Waals surface area contributed by atoms with Crippen molar-refractivity contribution in [2.45, 2.75) is 33.4 Å². The monoisotopic (exact) mass is 226 g/mol. The van der Waals surface area contributed by atoms with Gasteiger partial charge in [-0.2, -0.15) is 13.2 Å². The Balaban J connectivity index is 0.000000500. The SMILES string of the molecule is CCC.Cc1sc(N)nc1C(F)(F)F. The van der Waals surface area contributed by atoms with Gasteiger partial charge in [0, 0.05) is 4.88 Å². The molecule has 0 unspecified atom stereocenters. The van der Waals surface area contributed by atoms with E-state index in [-0.39, 0.29) is 10.0 Å². The van der Waals surface area contributed by atoms with Crippen LogP contribution in [0.15, 0.2) is 0 Å². The number of aromatic nitrogens is 1. The van der Waals surface area contributed by atoms with Gasteiger partial charge in [0.25, 0.3) is 0 Å². The summed E-state index contributed by atoms with van der Waals surface area (Å²) in [5.41, 5.74) is 4.21. The maximum Gasteiger partial charge on any atom is 0.434 e. The number of nitrogens with zero attached hydrogens (tertiary/aromatic N) is 1. The van der Waals surface area contributed by atoms with Crippen LogP contribution in [0.2, 0.25) is 0 Å². The van der Waals surface area contributed by atoms with E-state index < -0.39 is 11.9 Å². The third-order valence-corrected chi connectivity index (χ3v) is 1.88. The first-order valence-electron chi connectivity index (χ1n) is 4.13. The average Bonchev–Trinajstić information content (AvgIpc) is 2.30. The zero-order chi connectivity index (χ0) is 11.4. The lowest BCUT2D eigenvalue weighted by molar-refractivity contribution is -0.141. The van der Waals surface area contributed by atoms with E-state index in [2.05, 4.69) is 18.8 Å². The van der Waals surface area contributed by atoms with Crippen LogP contribution in [-0.2, 0) is 6.18 Å². The molecule has 0 atom stereocenters. The molecule has 0 aromatic carbocycles. The molecule has 14 heavy (non-hydrogen) atoms. The second-order valence-electron chi connectivity index (χ2n) is 2.66. The van der Waals surface area contributed by atoms with Gasteiger partial charge in [0.1, 0.15) is 0 Å². The minimum absolute atomic E-state index is 0.0465. The minimum Gasteiger partial charge on any atom is -0.375 e. The zero-order valence-electron chi connectivity index (χ0n) is 8.27. The number of thiazole rings is 1. The second-order valence-corrected chi connectivity index (χ2v) is 3.90. The second kappa shape index (κ2) is 5.19. The van der Waals surface area contributed by atoms with E-state index in [1.54, 1.807) is 0 Å². The number of nitrogen functional groups attached to an aromatic ring is 1. The summed E-state index contributed by atoms with van der Waals surface area (Å²) in [6.07, 6.45) is -3.13. The van der Waals surface area contributed by atoms with E-state index in [1.165, 1.54) is 13.3 Å². The van der Waals surface area contributed by atoms with Gasteiger partial charge in [-0.25, -0.2) is 4.98 Å². The summed E-state index contributed by atoms with van der Waals surface area (Å²) >= 11 is 0.843. The van der Waals surface area contributed by atoms with Crippen molar-refractivity contribution in [3.05, 3.63) is 10.6 Å². The van der Waals surface area contributed by atoms with E-state index >= 15 is 0 Å². The molecule has 1 heterocycles. The summed E-state index contributed by atoms with van der Waals surface area (Å²) < 4.78 is 35.9. The van der Waals surface area contributed by atoms with Gasteiger partial charge in [-0.05, 0) is 6.92 Å². The maximum atomic E-state index is 12.0. The van der Waals surface area contributed by atoms with Crippen LogP contribution >= 0.6 is 11.3 Å². The van der Waals surface area contributed by atoms with Gasteiger partial charge in [0.05, 0.1) is 0 Å². The van der Waals surface area contributed by atoms with Gasteiger partial charge in [-0.3, -0.25) is 0 Å². The maximum absolute atomic E-state index is 12.0. The summed E-state index contributed by atoms with van der Waals surface area (Å²) in [7, 11) is 0. The number of hydrogen-bond donors (Lipinski definition) is 1. The van der Waals surface area contributed by atoms with Gasteiger partial charge in [0.2, 0.25) is 0 Å². The third-order valence-electron chi connectivity index (χ3n) is 1.08. The molecule has 0 saturated carbocycles. The number of nitrogens with two attached hydrogens (primary N) is 1. The Morgan fingerprint density at radius 1 is 1.36 bits per heavy atom. The molecule has 0 aliphatic heterocycles. The standard InChI is InChI=1S/C5H5F3N2S.C3H8/c1-2-3(5(6,7)8)10-4(9)11-2;1-3-2/h1H3,(H2,9,10);3H2,1-2H3. The molecule has 2 nitrogen and oxygen atoms in total. The zero-order valence-corrected chi connectivity index (χ0v) is 9.09. The van der Waals surface area contributed by atoms with Gasteiger partial charge < -0.3 is 5.73 Å². The van der Waals surface area contributed by atoms with E-state index in [4.69, 9.17) is 5.73 Å². The first-order valence-corrected chi connectivity index (χ1v) is 4.94. The highest BCUT2D eigenvalue weighted by Gasteiger charge is 2.35. The first-order chi connectivity index (χ1) is 6.32. The normalized spacial score (nSPS) is 10.7. The van der Waals surface area contributed by atoms with Gasteiger partial charge in [0.15, 0.2) is 10.8 Å². The Morgan fingerprint density at radius 2 is 1.79 bits per heavy atom. The van der Waals surface area contributed by atoms with Crippen molar-refractivity contribution in [1.29, 1.82) is 0 Å². The van der Waals surface area contributed by atoms with Crippen molar-refractivity contribution in [1.82, 2.24) is 4.98 Å². The predicted molar refractivity (Wildman–Crippen MR) is 52.2 cm³/mol. The molecule has 1 aromatic heterocycles. The fraction of sp³-hybridized carbons (Fsp3) is 0.625. The molecule has 1 rings (SSSR count). The highest BCUT2D eigenvalue weighted by atomic mass is 32.1. The largest absolute Gasteiger partial charge is 0.434 e. The average molecular weight is 226 g/mol. The van der Waals surface area contributed by atoms with Crippen molar-refractivity contribution in [2.75, 3.05) is 5.73 Å². The lowest BCUT2D eigenvalue weighted by Crippen LogP contribution is -2.07. The Bertz CT molecular complexity index is 281. The van der Waals surface area contributed by atoms with Crippen LogP contribution in [0.25, 0.3) is 0 Å². The summed E-state index contributed by atoms with van der Waals surface area (Å²) in [5.74, 6) is 0. The molecule has 0 aliphatic rings. The van der Waals surface area contributed by atoms with Gasteiger partial charge in [-0.15, -0.1) is 11.3 Å². The molecule has 0 bridgehead atoms. The molecule has 0 fully saturated rings. The molecule has 0 amide bonds. The molecule has 0 spiro atoms. The Morgan fingerprint density at radius 3 is 1.93 bits per heavy atom. The van der Waals surface area contributed by atoms with Crippen LogP contribution in [0.3, 0.4) is 0 Å². The van der Waals surface area contributed by atoms with Crippen molar-refractivity contribution < 1.29 is 13.2 Å². The third kappa shape index (κ3) is 3.95. The predicted octanol–water partition coefficient (Wildman–Crippen LogP) is 3.47. The van der Waals surface area contributed by atoms with Crippen LogP contribution in [0, 0.1) is 6.92 Å². The summed E-state index contributed by atoms with van der Waals surface area (Å²) in [5, 5.41) is -0.0465. The van der Waals surface area contributed by atoms with Crippen LogP contribution in [0.1, 0.15) is 30.8 Å². The minimum atomic E-state index is -4.38. The Hall–Kier alpha value is -0.780. The van der Waals surface area contributed by atoms with Crippen LogP contribution in [0.5, 0.6) is 0 Å². The van der Waals surface area contributed by atoms with Crippen molar-refractivity contribution in [3.63, 3.8) is 0 Å². The van der Waals surface area contributed by atoms with Crippen LogP contribution in [-0.4, -0.2) is 4.98 Å². The van der Waals surface area contributed by atoms with E-state index in [1.807, 2.05) is 0 Å². The number of alkyl halides is 3. The lowest BCUT2D eigenvalue weighted by Gasteiger charge is -2.01. The summed E-state index contributed by atoms with van der Waals surface area (Å²) in [6.45, 7) is 5.59. The molecule has 82 valence electrons. The Labute approximate surface area is 85.0 Å². The van der Waals surface area contributed by atoms with E-state index in [9.17, 15) is 13.2 Å². The number of halogens is 3. The molecule has 1 aromatic rings. The topological polar surface area (TPSA) is 38.9 Å². The van der Waals surface area contributed by atoms with Crippen LogP contribution in [0.4, 0.5) is 18.3 Å². The first kappa shape index (κ1) is 13.2. The van der Waals surface area contributed by atoms with Gasteiger partial charge in [-0.1, -0.05) is 20.3 Å². The lowest BCUT2D eigenvalue weighted by atomic mass is 10.4. The quantitative estimate of drug-likeness (QED) is 0.735. The van der Waals surface area contributed by atoms with Crippen LogP contribution < -0.4 is 5.73 Å².